The molecule has 0 amide bonds. The van der Waals surface area contributed by atoms with Gasteiger partial charge in [-0.3, -0.25) is 0 Å². The largest absolute Gasteiger partial charge is 0.459 e. The Bertz CT molecular complexity index is 326. The minimum atomic E-state index is -0.401. The fraction of sp³-hybridized carbons (Fsp3) is 0.812. The summed E-state index contributed by atoms with van der Waals surface area (Å²) in [7, 11) is 0. The molecule has 0 N–H and O–H groups in total. The molecule has 0 fully saturated rings. The Kier molecular flexibility index (Phi) is 7.45. The van der Waals surface area contributed by atoms with Crippen LogP contribution in [0, 0.1) is 0 Å². The van der Waals surface area contributed by atoms with Crippen molar-refractivity contribution in [1.82, 2.24) is 0 Å². The van der Waals surface area contributed by atoms with Crippen molar-refractivity contribution in [3.63, 3.8) is 0 Å². The molecule has 0 aromatic rings. The van der Waals surface area contributed by atoms with Crippen LogP contribution in [0.4, 0.5) is 0 Å². The van der Waals surface area contributed by atoms with E-state index >= 15 is 0 Å². The molecule has 20 heavy (non-hydrogen) atoms. The molecule has 0 saturated carbocycles. The smallest absolute Gasteiger partial charge is 0.333 e. The van der Waals surface area contributed by atoms with E-state index in [1.54, 1.807) is 6.92 Å². The zero-order valence-electron chi connectivity index (χ0n) is 14.0. The van der Waals surface area contributed by atoms with E-state index in [-0.39, 0.29) is 23.9 Å². The molecule has 0 spiro atoms. The Labute approximate surface area is 123 Å². The predicted molar refractivity (Wildman–Crippen MR) is 80.7 cm³/mol. The lowest BCUT2D eigenvalue weighted by Gasteiger charge is -2.31. The lowest BCUT2D eigenvalue weighted by Crippen LogP contribution is -2.38. The first-order chi connectivity index (χ1) is 8.97. The van der Waals surface area contributed by atoms with Crippen molar-refractivity contribution in [2.24, 2.45) is 0 Å². The molecule has 0 saturated heterocycles. The predicted octanol–water partition coefficient (Wildman–Crippen LogP) is 3.49. The van der Waals surface area contributed by atoms with E-state index in [0.29, 0.717) is 12.2 Å². The van der Waals surface area contributed by atoms with Crippen LogP contribution < -0.4 is 0 Å². The first kappa shape index (κ1) is 19.1. The summed E-state index contributed by atoms with van der Waals surface area (Å²) in [5.74, 6) is -0.401. The molecule has 1 atom stereocenters. The van der Waals surface area contributed by atoms with Crippen LogP contribution in [0.5, 0.6) is 0 Å². The number of hydrogen-bond acceptors (Lipinski definition) is 4. The maximum absolute atomic E-state index is 11.5. The Morgan fingerprint density at radius 1 is 1.15 bits per heavy atom. The van der Waals surface area contributed by atoms with Gasteiger partial charge in [-0.1, -0.05) is 13.5 Å². The van der Waals surface area contributed by atoms with E-state index < -0.39 is 5.97 Å². The molecule has 0 bridgehead atoms. The highest BCUT2D eigenvalue weighted by atomic mass is 16.6. The second-order valence-corrected chi connectivity index (χ2v) is 6.66. The van der Waals surface area contributed by atoms with Gasteiger partial charge in [0.25, 0.3) is 0 Å². The highest BCUT2D eigenvalue weighted by molar-refractivity contribution is 5.86. The average molecular weight is 286 g/mol. The molecule has 0 aliphatic heterocycles. The van der Waals surface area contributed by atoms with Crippen LogP contribution in [0.2, 0.25) is 0 Å². The maximum atomic E-state index is 11.5. The van der Waals surface area contributed by atoms with E-state index in [9.17, 15) is 4.79 Å². The third kappa shape index (κ3) is 9.10. The van der Waals surface area contributed by atoms with Crippen molar-refractivity contribution in [2.75, 3.05) is 13.2 Å². The van der Waals surface area contributed by atoms with Gasteiger partial charge in [0.05, 0.1) is 17.8 Å². The standard InChI is InChI=1S/C16H30O4/c1-9-16(7,8)19-11-13(20-15(4,5)6)10-18-14(17)12(2)3/h13H,2,9-11H2,1,3-8H3. The maximum Gasteiger partial charge on any atom is 0.333 e. The third-order valence-corrected chi connectivity index (χ3v) is 2.78. The number of hydrogen-bond donors (Lipinski definition) is 0. The highest BCUT2D eigenvalue weighted by Gasteiger charge is 2.24. The van der Waals surface area contributed by atoms with Gasteiger partial charge in [-0.25, -0.2) is 4.79 Å². The highest BCUT2D eigenvalue weighted by Crippen LogP contribution is 2.17. The van der Waals surface area contributed by atoms with Gasteiger partial charge in [0.2, 0.25) is 0 Å². The zero-order chi connectivity index (χ0) is 16.0. The number of carbonyl (C=O) groups is 1. The van der Waals surface area contributed by atoms with Gasteiger partial charge in [-0.15, -0.1) is 0 Å². The molecular weight excluding hydrogens is 256 g/mol. The van der Waals surface area contributed by atoms with Gasteiger partial charge < -0.3 is 14.2 Å². The van der Waals surface area contributed by atoms with Crippen molar-refractivity contribution >= 4 is 5.97 Å². The van der Waals surface area contributed by atoms with E-state index in [0.717, 1.165) is 6.42 Å². The summed E-state index contributed by atoms with van der Waals surface area (Å²) in [4.78, 5) is 11.5. The number of esters is 1. The summed E-state index contributed by atoms with van der Waals surface area (Å²) in [5, 5.41) is 0. The van der Waals surface area contributed by atoms with Gasteiger partial charge in [-0.05, 0) is 48.0 Å². The second kappa shape index (κ2) is 7.79. The molecule has 4 heteroatoms. The molecule has 0 rings (SSSR count). The van der Waals surface area contributed by atoms with Gasteiger partial charge >= 0.3 is 5.97 Å². The van der Waals surface area contributed by atoms with E-state index in [1.807, 2.05) is 34.6 Å². The number of rotatable bonds is 8. The minimum Gasteiger partial charge on any atom is -0.459 e. The first-order valence-corrected chi connectivity index (χ1v) is 7.11. The van der Waals surface area contributed by atoms with E-state index in [1.165, 1.54) is 0 Å². The number of carbonyl (C=O) groups excluding carboxylic acids is 1. The summed E-state index contributed by atoms with van der Waals surface area (Å²) >= 11 is 0. The Balaban J connectivity index is 4.50. The lowest BCUT2D eigenvalue weighted by atomic mass is 10.1. The lowest BCUT2D eigenvalue weighted by molar-refractivity contribution is -0.160. The monoisotopic (exact) mass is 286 g/mol. The third-order valence-electron chi connectivity index (χ3n) is 2.78. The van der Waals surface area contributed by atoms with Crippen LogP contribution in [-0.4, -0.2) is 36.5 Å². The average Bonchev–Trinajstić information content (AvgIpc) is 2.30. The topological polar surface area (TPSA) is 44.8 Å². The van der Waals surface area contributed by atoms with Crippen molar-refractivity contribution in [3.05, 3.63) is 12.2 Å². The summed E-state index contributed by atoms with van der Waals surface area (Å²) in [6, 6.07) is 0. The molecule has 0 aromatic heterocycles. The van der Waals surface area contributed by atoms with Crippen molar-refractivity contribution in [3.8, 4) is 0 Å². The Morgan fingerprint density at radius 3 is 2.10 bits per heavy atom. The minimum absolute atomic E-state index is 0.169. The second-order valence-electron chi connectivity index (χ2n) is 6.66. The molecule has 0 aliphatic rings. The Hall–Kier alpha value is -0.870. The quantitative estimate of drug-likeness (QED) is 0.506. The zero-order valence-corrected chi connectivity index (χ0v) is 14.0. The molecule has 4 nitrogen and oxygen atoms in total. The molecular formula is C16H30O4. The van der Waals surface area contributed by atoms with Crippen LogP contribution in [0.1, 0.15) is 54.9 Å². The van der Waals surface area contributed by atoms with Gasteiger partial charge in [0, 0.05) is 5.57 Å². The van der Waals surface area contributed by atoms with Crippen LogP contribution in [0.15, 0.2) is 12.2 Å². The SMILES string of the molecule is C=C(C)C(=O)OCC(COC(C)(C)CC)OC(C)(C)C. The van der Waals surface area contributed by atoms with Gasteiger partial charge in [0.1, 0.15) is 12.7 Å². The fourth-order valence-electron chi connectivity index (χ4n) is 1.33. The van der Waals surface area contributed by atoms with E-state index in [2.05, 4.69) is 13.5 Å². The molecule has 0 radical (unpaired) electrons. The van der Waals surface area contributed by atoms with Crippen LogP contribution >= 0.6 is 0 Å². The molecule has 0 aliphatic carbocycles. The normalized spacial score (nSPS) is 13.9. The number of ether oxygens (including phenoxy) is 3. The molecule has 0 heterocycles. The van der Waals surface area contributed by atoms with Crippen molar-refractivity contribution in [1.29, 1.82) is 0 Å². The van der Waals surface area contributed by atoms with Crippen LogP contribution in [-0.2, 0) is 19.0 Å². The molecule has 0 aromatic carbocycles. The van der Waals surface area contributed by atoms with Crippen molar-refractivity contribution in [2.45, 2.75) is 72.2 Å². The summed E-state index contributed by atoms with van der Waals surface area (Å²) in [6.07, 6.45) is 0.616. The van der Waals surface area contributed by atoms with Gasteiger partial charge in [0.15, 0.2) is 0 Å². The first-order valence-electron chi connectivity index (χ1n) is 7.11. The summed E-state index contributed by atoms with van der Waals surface area (Å²) < 4.78 is 16.9. The fourth-order valence-corrected chi connectivity index (χ4v) is 1.33. The van der Waals surface area contributed by atoms with E-state index in [4.69, 9.17) is 14.2 Å². The summed E-state index contributed by atoms with van der Waals surface area (Å²) in [6.45, 7) is 17.8. The summed E-state index contributed by atoms with van der Waals surface area (Å²) in [5.41, 5.74) is -0.146. The van der Waals surface area contributed by atoms with Crippen LogP contribution in [0.25, 0.3) is 0 Å². The van der Waals surface area contributed by atoms with Crippen molar-refractivity contribution < 1.29 is 19.0 Å². The molecule has 118 valence electrons. The molecule has 1 unspecified atom stereocenters. The Morgan fingerprint density at radius 2 is 1.70 bits per heavy atom. The van der Waals surface area contributed by atoms with Crippen LogP contribution in [0.3, 0.4) is 0 Å². The van der Waals surface area contributed by atoms with Gasteiger partial charge in [-0.2, -0.15) is 0 Å².